The summed E-state index contributed by atoms with van der Waals surface area (Å²) in [5.74, 6) is 0.539. The summed E-state index contributed by atoms with van der Waals surface area (Å²) in [5, 5.41) is 11.5. The Morgan fingerprint density at radius 1 is 1.09 bits per heavy atom. The van der Waals surface area contributed by atoms with Gasteiger partial charge in [0.25, 0.3) is 10.0 Å². The summed E-state index contributed by atoms with van der Waals surface area (Å²) in [5.41, 5.74) is 1.09. The minimum Gasteiger partial charge on any atom is -0.497 e. The van der Waals surface area contributed by atoms with Crippen LogP contribution in [0.5, 0.6) is 17.2 Å². The first-order chi connectivity index (χ1) is 15.9. The van der Waals surface area contributed by atoms with Crippen LogP contribution in [0.4, 0.5) is 9.52 Å². The van der Waals surface area contributed by atoms with E-state index in [1.165, 1.54) is 49.7 Å². The number of rotatable bonds is 7. The smallest absolute Gasteiger partial charge is 0.263 e. The molecule has 0 bridgehead atoms. The van der Waals surface area contributed by atoms with Gasteiger partial charge in [-0.3, -0.25) is 4.72 Å². The van der Waals surface area contributed by atoms with Crippen LogP contribution in [0.25, 0.3) is 11.1 Å². The van der Waals surface area contributed by atoms with Gasteiger partial charge in [-0.1, -0.05) is 12.1 Å². The molecule has 3 aromatic carbocycles. The zero-order valence-electron chi connectivity index (χ0n) is 17.2. The predicted molar refractivity (Wildman–Crippen MR) is 123 cm³/mol. The molecule has 166 valence electrons. The first-order valence-corrected chi connectivity index (χ1v) is 11.8. The highest BCUT2D eigenvalue weighted by Crippen LogP contribution is 2.37. The molecule has 0 saturated heterocycles. The van der Waals surface area contributed by atoms with Crippen molar-refractivity contribution in [1.82, 2.24) is 4.98 Å². The minimum atomic E-state index is -3.94. The van der Waals surface area contributed by atoms with Gasteiger partial charge in [0.1, 0.15) is 29.1 Å². The van der Waals surface area contributed by atoms with E-state index in [0.29, 0.717) is 16.9 Å². The van der Waals surface area contributed by atoms with Crippen LogP contribution in [0.3, 0.4) is 0 Å². The molecule has 0 spiro atoms. The van der Waals surface area contributed by atoms with Crippen LogP contribution in [-0.4, -0.2) is 20.5 Å². The van der Waals surface area contributed by atoms with Gasteiger partial charge in [0.15, 0.2) is 5.13 Å². The molecule has 0 aliphatic rings. The monoisotopic (exact) mass is 481 g/mol. The van der Waals surface area contributed by atoms with Gasteiger partial charge in [0, 0.05) is 17.1 Å². The van der Waals surface area contributed by atoms with Crippen LogP contribution >= 0.6 is 11.3 Å². The Hall–Kier alpha value is -3.94. The average molecular weight is 482 g/mol. The van der Waals surface area contributed by atoms with Gasteiger partial charge in [0.05, 0.1) is 17.6 Å². The molecule has 0 radical (unpaired) electrons. The van der Waals surface area contributed by atoms with Crippen molar-refractivity contribution < 1.29 is 22.3 Å². The lowest BCUT2D eigenvalue weighted by Gasteiger charge is -2.14. The highest BCUT2D eigenvalue weighted by atomic mass is 32.2. The van der Waals surface area contributed by atoms with Crippen molar-refractivity contribution in [2.24, 2.45) is 0 Å². The topological polar surface area (TPSA) is 101 Å². The molecule has 1 N–H and O–H groups in total. The zero-order chi connectivity index (χ0) is 23.4. The molecular formula is C23H16FN3O4S2. The lowest BCUT2D eigenvalue weighted by Crippen LogP contribution is -2.13. The van der Waals surface area contributed by atoms with Gasteiger partial charge in [-0.25, -0.2) is 17.8 Å². The van der Waals surface area contributed by atoms with E-state index in [0.717, 1.165) is 11.3 Å². The van der Waals surface area contributed by atoms with E-state index in [1.807, 2.05) is 6.07 Å². The third kappa shape index (κ3) is 4.95. The van der Waals surface area contributed by atoms with E-state index in [1.54, 1.807) is 29.6 Å². The first-order valence-electron chi connectivity index (χ1n) is 9.48. The van der Waals surface area contributed by atoms with Crippen molar-refractivity contribution in [2.45, 2.75) is 4.90 Å². The van der Waals surface area contributed by atoms with E-state index in [2.05, 4.69) is 9.71 Å². The van der Waals surface area contributed by atoms with Crippen LogP contribution in [0.2, 0.25) is 0 Å². The van der Waals surface area contributed by atoms with Gasteiger partial charge >= 0.3 is 0 Å². The second-order valence-corrected chi connectivity index (χ2v) is 9.26. The van der Waals surface area contributed by atoms with Crippen LogP contribution in [0.1, 0.15) is 5.56 Å². The van der Waals surface area contributed by atoms with Gasteiger partial charge in [-0.2, -0.15) is 5.26 Å². The molecule has 0 aliphatic heterocycles. The van der Waals surface area contributed by atoms with E-state index < -0.39 is 15.8 Å². The first kappa shape index (κ1) is 22.3. The fourth-order valence-electron chi connectivity index (χ4n) is 3.03. The van der Waals surface area contributed by atoms with Crippen LogP contribution in [-0.2, 0) is 10.0 Å². The summed E-state index contributed by atoms with van der Waals surface area (Å²) in [6, 6.07) is 16.9. The number of hydrogen-bond acceptors (Lipinski definition) is 7. The number of aromatic nitrogens is 1. The molecule has 4 aromatic rings. The van der Waals surface area contributed by atoms with Crippen LogP contribution < -0.4 is 14.2 Å². The number of anilines is 1. The highest BCUT2D eigenvalue weighted by Gasteiger charge is 2.19. The Morgan fingerprint density at radius 2 is 1.91 bits per heavy atom. The summed E-state index contributed by atoms with van der Waals surface area (Å²) in [4.78, 5) is 3.78. The molecule has 0 saturated carbocycles. The Labute approximate surface area is 193 Å². The average Bonchev–Trinajstić information content (AvgIpc) is 3.32. The Kier molecular flexibility index (Phi) is 6.26. The van der Waals surface area contributed by atoms with E-state index in [9.17, 15) is 18.1 Å². The number of nitriles is 1. The molecule has 0 atom stereocenters. The molecule has 0 aliphatic carbocycles. The number of nitrogens with zero attached hydrogens (tertiary/aromatic N) is 2. The maximum absolute atomic E-state index is 14.0. The SMILES string of the molecule is COc1cccc(-c2cc(F)ccc2Oc2ccc(S(=O)(=O)Nc3nccs3)cc2C#N)c1. The van der Waals surface area contributed by atoms with E-state index in [-0.39, 0.29) is 27.1 Å². The molecule has 0 amide bonds. The van der Waals surface area contributed by atoms with Crippen LogP contribution in [0, 0.1) is 17.1 Å². The molecule has 0 unspecified atom stereocenters. The largest absolute Gasteiger partial charge is 0.497 e. The number of hydrogen-bond donors (Lipinski definition) is 1. The fraction of sp³-hybridized carbons (Fsp3) is 0.0435. The second kappa shape index (κ2) is 9.28. The number of ether oxygens (including phenoxy) is 2. The standard InChI is InChI=1S/C23H16FN3O4S2/c1-30-18-4-2-3-15(11-18)20-13-17(24)5-7-22(20)31-21-8-6-19(12-16(21)14-25)33(28,29)27-23-26-9-10-32-23/h2-13H,1H3,(H,26,27). The van der Waals surface area contributed by atoms with Crippen molar-refractivity contribution >= 4 is 26.5 Å². The molecule has 10 heteroatoms. The van der Waals surface area contributed by atoms with Gasteiger partial charge in [0.2, 0.25) is 0 Å². The van der Waals surface area contributed by atoms with Crippen molar-refractivity contribution in [1.29, 1.82) is 5.26 Å². The summed E-state index contributed by atoms with van der Waals surface area (Å²) in [6.07, 6.45) is 1.47. The molecule has 1 aromatic heterocycles. The van der Waals surface area contributed by atoms with Crippen molar-refractivity contribution in [2.75, 3.05) is 11.8 Å². The maximum atomic E-state index is 14.0. The summed E-state index contributed by atoms with van der Waals surface area (Å²) < 4.78 is 52.8. The number of methoxy groups -OCH3 is 1. The van der Waals surface area contributed by atoms with Gasteiger partial charge < -0.3 is 9.47 Å². The molecule has 7 nitrogen and oxygen atoms in total. The number of halogens is 1. The van der Waals surface area contributed by atoms with Crippen LogP contribution in [0.15, 0.2) is 77.1 Å². The predicted octanol–water partition coefficient (Wildman–Crippen LogP) is 5.42. The summed E-state index contributed by atoms with van der Waals surface area (Å²) >= 11 is 1.13. The molecule has 0 fully saturated rings. The van der Waals surface area contributed by atoms with Crippen molar-refractivity contribution in [3.8, 4) is 34.4 Å². The molecular weight excluding hydrogens is 465 g/mol. The molecule has 1 heterocycles. The van der Waals surface area contributed by atoms with E-state index >= 15 is 0 Å². The highest BCUT2D eigenvalue weighted by molar-refractivity contribution is 7.93. The summed E-state index contributed by atoms with van der Waals surface area (Å²) in [6.45, 7) is 0. The number of sulfonamides is 1. The Bertz CT molecular complexity index is 1450. The van der Waals surface area contributed by atoms with Gasteiger partial charge in [-0.15, -0.1) is 11.3 Å². The second-order valence-electron chi connectivity index (χ2n) is 6.69. The lowest BCUT2D eigenvalue weighted by molar-refractivity contribution is 0.415. The third-order valence-electron chi connectivity index (χ3n) is 4.58. The quantitative estimate of drug-likeness (QED) is 0.378. The zero-order valence-corrected chi connectivity index (χ0v) is 18.8. The van der Waals surface area contributed by atoms with E-state index in [4.69, 9.17) is 9.47 Å². The number of benzene rings is 3. The van der Waals surface area contributed by atoms with Crippen molar-refractivity contribution in [3.63, 3.8) is 0 Å². The van der Waals surface area contributed by atoms with Gasteiger partial charge in [-0.05, 0) is 54.1 Å². The number of nitrogens with one attached hydrogen (secondary N) is 1. The fourth-order valence-corrected chi connectivity index (χ4v) is 4.84. The summed E-state index contributed by atoms with van der Waals surface area (Å²) in [7, 11) is -2.41. The Balaban J connectivity index is 1.69. The Morgan fingerprint density at radius 3 is 2.64 bits per heavy atom. The molecule has 33 heavy (non-hydrogen) atoms. The number of thiazole rings is 1. The lowest BCUT2D eigenvalue weighted by atomic mass is 10.0. The van der Waals surface area contributed by atoms with Crippen molar-refractivity contribution in [3.05, 3.63) is 83.6 Å². The minimum absolute atomic E-state index is 0.00192. The molecule has 4 rings (SSSR count). The normalized spacial score (nSPS) is 10.9. The maximum Gasteiger partial charge on any atom is 0.263 e. The third-order valence-corrected chi connectivity index (χ3v) is 6.73.